The van der Waals surface area contributed by atoms with Crippen LogP contribution in [-0.2, 0) is 65.4 Å². The average molecular weight is 1300 g/mol. The number of hydrogen-bond acceptors (Lipinski definition) is 15. The Kier molecular flexibility index (Phi) is 59.9. The van der Waals surface area contributed by atoms with Crippen LogP contribution in [0.25, 0.3) is 0 Å². The molecule has 17 nitrogen and oxygen atoms in total. The van der Waals surface area contributed by atoms with E-state index >= 15 is 0 Å². The molecule has 522 valence electrons. The number of hydrogen-bond donors (Lipinski definition) is 3. The topological polar surface area (TPSA) is 237 Å². The van der Waals surface area contributed by atoms with Gasteiger partial charge in [-0.3, -0.25) is 37.3 Å². The molecule has 3 N–H and O–H groups in total. The largest absolute Gasteiger partial charge is 0.472 e. The maximum Gasteiger partial charge on any atom is 0.472 e. The number of esters is 4. The van der Waals surface area contributed by atoms with Gasteiger partial charge in [-0.05, 0) is 37.5 Å². The van der Waals surface area contributed by atoms with Crippen molar-refractivity contribution in [2.24, 2.45) is 11.8 Å². The third-order valence-corrected chi connectivity index (χ3v) is 18.2. The second kappa shape index (κ2) is 61.3. The predicted molar refractivity (Wildman–Crippen MR) is 354 cm³/mol. The highest BCUT2D eigenvalue weighted by atomic mass is 31.2. The van der Waals surface area contributed by atoms with E-state index in [4.69, 9.17) is 37.0 Å². The van der Waals surface area contributed by atoms with Gasteiger partial charge in [-0.25, -0.2) is 9.13 Å². The minimum atomic E-state index is -4.95. The number of aliphatic hydroxyl groups is 1. The molecule has 0 rings (SSSR count). The summed E-state index contributed by atoms with van der Waals surface area (Å²) >= 11 is 0. The lowest BCUT2D eigenvalue weighted by Crippen LogP contribution is -2.30. The van der Waals surface area contributed by atoms with Crippen molar-refractivity contribution in [2.45, 2.75) is 368 Å². The van der Waals surface area contributed by atoms with Crippen LogP contribution in [0.15, 0.2) is 0 Å². The van der Waals surface area contributed by atoms with Crippen molar-refractivity contribution in [3.05, 3.63) is 0 Å². The molecule has 3 unspecified atom stereocenters. The van der Waals surface area contributed by atoms with Gasteiger partial charge in [0.1, 0.15) is 19.3 Å². The zero-order valence-corrected chi connectivity index (χ0v) is 58.8. The van der Waals surface area contributed by atoms with E-state index in [2.05, 4.69) is 41.5 Å². The Balaban J connectivity index is 5.09. The molecule has 0 saturated carbocycles. The van der Waals surface area contributed by atoms with Crippen molar-refractivity contribution in [1.29, 1.82) is 0 Å². The molecule has 19 heteroatoms. The van der Waals surface area contributed by atoms with Crippen LogP contribution in [0.2, 0.25) is 0 Å². The molecule has 0 radical (unpaired) electrons. The minimum Gasteiger partial charge on any atom is -0.462 e. The van der Waals surface area contributed by atoms with Gasteiger partial charge in [0.05, 0.1) is 26.4 Å². The van der Waals surface area contributed by atoms with Gasteiger partial charge in [0.2, 0.25) is 0 Å². The first-order chi connectivity index (χ1) is 42.4. The maximum atomic E-state index is 13.0. The zero-order chi connectivity index (χ0) is 65.0. The van der Waals surface area contributed by atoms with Crippen LogP contribution >= 0.6 is 15.6 Å². The minimum absolute atomic E-state index is 0.105. The third-order valence-electron chi connectivity index (χ3n) is 16.3. The number of carbonyl (C=O) groups excluding carboxylic acids is 4. The fraction of sp³-hybridized carbons (Fsp3) is 0.942. The quantitative estimate of drug-likeness (QED) is 0.0222. The highest BCUT2D eigenvalue weighted by Gasteiger charge is 2.30. The summed E-state index contributed by atoms with van der Waals surface area (Å²) in [7, 11) is -9.89. The Morgan fingerprint density at radius 1 is 0.330 bits per heavy atom. The van der Waals surface area contributed by atoms with Gasteiger partial charge in [-0.15, -0.1) is 0 Å². The van der Waals surface area contributed by atoms with Gasteiger partial charge in [-0.2, -0.15) is 0 Å². The lowest BCUT2D eigenvalue weighted by Gasteiger charge is -2.21. The van der Waals surface area contributed by atoms with Crippen LogP contribution in [0.5, 0.6) is 0 Å². The molecule has 0 aliphatic rings. The lowest BCUT2D eigenvalue weighted by molar-refractivity contribution is -0.161. The van der Waals surface area contributed by atoms with Gasteiger partial charge in [-0.1, -0.05) is 298 Å². The fourth-order valence-corrected chi connectivity index (χ4v) is 12.0. The number of aliphatic hydroxyl groups excluding tert-OH is 1. The molecule has 0 spiro atoms. The van der Waals surface area contributed by atoms with Gasteiger partial charge in [0.15, 0.2) is 12.2 Å². The van der Waals surface area contributed by atoms with Crippen molar-refractivity contribution < 1.29 is 80.2 Å². The van der Waals surface area contributed by atoms with Crippen LogP contribution in [-0.4, -0.2) is 96.7 Å². The highest BCUT2D eigenvalue weighted by Crippen LogP contribution is 2.45. The second-order valence-electron chi connectivity index (χ2n) is 25.6. The summed E-state index contributed by atoms with van der Waals surface area (Å²) in [5.74, 6) is -0.558. The highest BCUT2D eigenvalue weighted by molar-refractivity contribution is 7.47. The van der Waals surface area contributed by atoms with Crippen molar-refractivity contribution >= 4 is 39.5 Å². The summed E-state index contributed by atoms with van der Waals surface area (Å²) < 4.78 is 68.0. The fourth-order valence-electron chi connectivity index (χ4n) is 10.4. The van der Waals surface area contributed by atoms with E-state index in [1.807, 2.05) is 0 Å². The van der Waals surface area contributed by atoms with Crippen molar-refractivity contribution in [3.8, 4) is 0 Å². The van der Waals surface area contributed by atoms with Gasteiger partial charge < -0.3 is 33.8 Å². The summed E-state index contributed by atoms with van der Waals surface area (Å²) in [5, 5.41) is 10.5. The molecule has 0 fully saturated rings. The molecule has 0 aromatic rings. The van der Waals surface area contributed by atoms with E-state index in [0.29, 0.717) is 31.6 Å². The molecule has 88 heavy (non-hydrogen) atoms. The SMILES string of the molecule is CCCCCCCCCCCC(=O)O[C@H](COC(=O)CCCCCCCCC)COP(=O)(O)OC[C@H](O)COP(=O)(O)OC[C@@H](COC(=O)CCCCCCCCCC(C)C)OC(=O)CCCCCCCCCCCCCCCCCCCCC(C)CC. The monoisotopic (exact) mass is 1300 g/mol. The molecule has 6 atom stereocenters. The van der Waals surface area contributed by atoms with Crippen molar-refractivity contribution in [1.82, 2.24) is 0 Å². The van der Waals surface area contributed by atoms with E-state index in [1.165, 1.54) is 148 Å². The van der Waals surface area contributed by atoms with Crippen molar-refractivity contribution in [2.75, 3.05) is 39.6 Å². The maximum absolute atomic E-state index is 13.0. The molecular formula is C69H134O17P2. The summed E-state index contributed by atoms with van der Waals surface area (Å²) in [5.41, 5.74) is 0. The second-order valence-corrected chi connectivity index (χ2v) is 28.5. The van der Waals surface area contributed by atoms with E-state index in [1.54, 1.807) is 0 Å². The number of rotatable bonds is 68. The van der Waals surface area contributed by atoms with Gasteiger partial charge >= 0.3 is 39.5 Å². The smallest absolute Gasteiger partial charge is 0.462 e. The standard InChI is InChI=1S/C69H134O17P2/c1-7-10-12-14-16-27-34-41-47-53-68(73)85-64(57-79-66(71)51-45-39-31-15-13-11-8-2)59-83-87(75,76)81-55-63(70)56-82-88(77,78)84-60-65(58-80-67(72)52-46-40-36-30-32-37-43-49-61(4)5)86-69(74)54-48-42-35-29-26-24-22-20-18-17-19-21-23-25-28-33-38-44-50-62(6)9-3/h61-65,70H,7-60H2,1-6H3,(H,75,76)(H,77,78)/t62?,63-,64+,65+/m0/s1. The average Bonchev–Trinajstić information content (AvgIpc) is 3.61. The van der Waals surface area contributed by atoms with E-state index in [9.17, 15) is 43.2 Å². The lowest BCUT2D eigenvalue weighted by atomic mass is 9.99. The molecule has 0 aromatic carbocycles. The number of ether oxygens (including phenoxy) is 4. The first-order valence-corrected chi connectivity index (χ1v) is 39.0. The Hall–Kier alpha value is -1.94. The Bertz CT molecular complexity index is 1720. The summed E-state index contributed by atoms with van der Waals surface area (Å²) in [6.07, 6.45) is 46.2. The molecule has 0 heterocycles. The summed E-state index contributed by atoms with van der Waals surface area (Å²) in [6.45, 7) is 9.49. The van der Waals surface area contributed by atoms with Crippen LogP contribution in [0.3, 0.4) is 0 Å². The van der Waals surface area contributed by atoms with Crippen molar-refractivity contribution in [3.63, 3.8) is 0 Å². The van der Waals surface area contributed by atoms with Crippen LogP contribution in [0.4, 0.5) is 0 Å². The molecule has 0 amide bonds. The van der Waals surface area contributed by atoms with Gasteiger partial charge in [0, 0.05) is 25.7 Å². The molecule has 0 saturated heterocycles. The van der Waals surface area contributed by atoms with E-state index < -0.39 is 97.5 Å². The summed E-state index contributed by atoms with van der Waals surface area (Å²) in [6, 6.07) is 0. The molecule has 0 bridgehead atoms. The first kappa shape index (κ1) is 86.1. The van der Waals surface area contributed by atoms with Crippen LogP contribution in [0.1, 0.15) is 350 Å². The Morgan fingerprint density at radius 2 is 0.580 bits per heavy atom. The normalized spacial score (nSPS) is 14.5. The molecule has 0 aromatic heterocycles. The predicted octanol–water partition coefficient (Wildman–Crippen LogP) is 19.6. The Morgan fingerprint density at radius 3 is 0.864 bits per heavy atom. The zero-order valence-electron chi connectivity index (χ0n) is 57.0. The number of phosphoric acid groups is 2. The molecule has 0 aliphatic carbocycles. The van der Waals surface area contributed by atoms with Crippen LogP contribution in [0, 0.1) is 11.8 Å². The van der Waals surface area contributed by atoms with Gasteiger partial charge in [0.25, 0.3) is 0 Å². The van der Waals surface area contributed by atoms with Crippen LogP contribution < -0.4 is 0 Å². The Labute approximate surface area is 537 Å². The number of carbonyl (C=O) groups is 4. The van der Waals surface area contributed by atoms with E-state index in [-0.39, 0.29) is 25.7 Å². The van der Waals surface area contributed by atoms with E-state index in [0.717, 1.165) is 115 Å². The summed E-state index contributed by atoms with van der Waals surface area (Å²) in [4.78, 5) is 72.2. The first-order valence-electron chi connectivity index (χ1n) is 36.0. The third kappa shape index (κ3) is 61.6. The molecule has 0 aliphatic heterocycles. The number of phosphoric ester groups is 2. The molecular weight excluding hydrogens is 1160 g/mol. The number of unbranched alkanes of at least 4 members (excludes halogenated alkanes) is 37.